The van der Waals surface area contributed by atoms with Gasteiger partial charge in [-0.25, -0.2) is 0 Å². The summed E-state index contributed by atoms with van der Waals surface area (Å²) in [5.74, 6) is 0.932. The van der Waals surface area contributed by atoms with Gasteiger partial charge >= 0.3 is 0 Å². The van der Waals surface area contributed by atoms with E-state index in [0.29, 0.717) is 24.1 Å². The maximum absolute atomic E-state index is 11.8. The van der Waals surface area contributed by atoms with Crippen molar-refractivity contribution < 1.29 is 14.1 Å². The van der Waals surface area contributed by atoms with Crippen molar-refractivity contribution in [2.45, 2.75) is 13.8 Å². The lowest BCUT2D eigenvalue weighted by molar-refractivity contribution is 0.102. The van der Waals surface area contributed by atoms with Gasteiger partial charge in [0.2, 0.25) is 5.88 Å². The van der Waals surface area contributed by atoms with E-state index in [1.54, 1.807) is 19.1 Å². The first-order valence-electron chi connectivity index (χ1n) is 5.40. The van der Waals surface area contributed by atoms with E-state index in [1.807, 2.05) is 6.92 Å². The van der Waals surface area contributed by atoms with Gasteiger partial charge in [0.1, 0.15) is 5.76 Å². The van der Waals surface area contributed by atoms with E-state index in [0.717, 1.165) is 0 Å². The van der Waals surface area contributed by atoms with Crippen molar-refractivity contribution in [3.8, 4) is 5.88 Å². The largest absolute Gasteiger partial charge is 0.477 e. The Hall–Kier alpha value is -2.44. The Bertz CT molecular complexity index is 535. The van der Waals surface area contributed by atoms with E-state index in [4.69, 9.17) is 9.26 Å². The summed E-state index contributed by atoms with van der Waals surface area (Å²) in [6.45, 7) is 4.08. The zero-order chi connectivity index (χ0) is 13.0. The number of hydrogen-bond donors (Lipinski definition) is 1. The molecule has 2 heterocycles. The van der Waals surface area contributed by atoms with E-state index in [2.05, 4.69) is 20.7 Å². The zero-order valence-electron chi connectivity index (χ0n) is 10.0. The van der Waals surface area contributed by atoms with Crippen LogP contribution in [0.1, 0.15) is 23.2 Å². The van der Waals surface area contributed by atoms with Crippen LogP contribution in [0, 0.1) is 6.92 Å². The van der Waals surface area contributed by atoms with Gasteiger partial charge in [0.15, 0.2) is 11.5 Å². The topological polar surface area (TPSA) is 90.1 Å². The van der Waals surface area contributed by atoms with Crippen LogP contribution in [0.2, 0.25) is 0 Å². The molecule has 0 aliphatic rings. The van der Waals surface area contributed by atoms with Gasteiger partial charge in [-0.1, -0.05) is 5.16 Å². The Morgan fingerprint density at radius 2 is 2.28 bits per heavy atom. The smallest absolute Gasteiger partial charge is 0.277 e. The van der Waals surface area contributed by atoms with Crippen LogP contribution in [0.3, 0.4) is 0 Å². The van der Waals surface area contributed by atoms with Crippen molar-refractivity contribution in [2.24, 2.45) is 0 Å². The molecular weight excluding hydrogens is 236 g/mol. The van der Waals surface area contributed by atoms with E-state index in [-0.39, 0.29) is 5.69 Å². The maximum Gasteiger partial charge on any atom is 0.277 e. The lowest BCUT2D eigenvalue weighted by atomic mass is 10.3. The molecule has 0 fully saturated rings. The number of nitrogens with zero attached hydrogens (tertiary/aromatic N) is 3. The minimum atomic E-state index is -0.404. The molecule has 0 aromatic carbocycles. The molecule has 18 heavy (non-hydrogen) atoms. The first-order valence-corrected chi connectivity index (χ1v) is 5.40. The predicted molar refractivity (Wildman–Crippen MR) is 62.4 cm³/mol. The highest BCUT2D eigenvalue weighted by Gasteiger charge is 2.11. The van der Waals surface area contributed by atoms with Crippen LogP contribution in [0.4, 0.5) is 5.82 Å². The van der Waals surface area contributed by atoms with Crippen LogP contribution in [0.5, 0.6) is 5.88 Å². The van der Waals surface area contributed by atoms with Crippen molar-refractivity contribution in [1.29, 1.82) is 0 Å². The Morgan fingerprint density at radius 3 is 2.83 bits per heavy atom. The Kier molecular flexibility index (Phi) is 3.52. The van der Waals surface area contributed by atoms with Crippen molar-refractivity contribution in [3.63, 3.8) is 0 Å². The van der Waals surface area contributed by atoms with Crippen LogP contribution in [0.25, 0.3) is 0 Å². The summed E-state index contributed by atoms with van der Waals surface area (Å²) in [7, 11) is 0. The van der Waals surface area contributed by atoms with Crippen LogP contribution in [0.15, 0.2) is 22.7 Å². The van der Waals surface area contributed by atoms with E-state index in [1.165, 1.54) is 6.07 Å². The van der Waals surface area contributed by atoms with E-state index >= 15 is 0 Å². The molecule has 0 aliphatic heterocycles. The number of aryl methyl sites for hydroxylation is 1. The predicted octanol–water partition coefficient (Wildman–Crippen LogP) is 1.42. The molecule has 0 saturated heterocycles. The van der Waals surface area contributed by atoms with E-state index in [9.17, 15) is 4.79 Å². The summed E-state index contributed by atoms with van der Waals surface area (Å²) >= 11 is 0. The number of hydrogen-bond acceptors (Lipinski definition) is 6. The molecule has 0 unspecified atom stereocenters. The molecule has 0 aliphatic carbocycles. The van der Waals surface area contributed by atoms with Gasteiger partial charge in [-0.3, -0.25) is 4.79 Å². The minimum Gasteiger partial charge on any atom is -0.477 e. The van der Waals surface area contributed by atoms with Crippen molar-refractivity contribution in [1.82, 2.24) is 15.4 Å². The van der Waals surface area contributed by atoms with Crippen molar-refractivity contribution in [3.05, 3.63) is 29.7 Å². The summed E-state index contributed by atoms with van der Waals surface area (Å²) in [6, 6.07) is 4.72. The molecule has 0 bridgehead atoms. The molecule has 7 nitrogen and oxygen atoms in total. The van der Waals surface area contributed by atoms with Crippen molar-refractivity contribution >= 4 is 11.7 Å². The summed E-state index contributed by atoms with van der Waals surface area (Å²) in [4.78, 5) is 11.8. The van der Waals surface area contributed by atoms with Crippen LogP contribution >= 0.6 is 0 Å². The molecule has 2 aromatic heterocycles. The molecule has 7 heteroatoms. The molecule has 0 atom stereocenters. The minimum absolute atomic E-state index is 0.180. The molecule has 0 radical (unpaired) electrons. The van der Waals surface area contributed by atoms with E-state index < -0.39 is 5.91 Å². The Balaban J connectivity index is 2.04. The molecule has 1 N–H and O–H groups in total. The molecule has 0 saturated carbocycles. The summed E-state index contributed by atoms with van der Waals surface area (Å²) in [6.07, 6.45) is 0. The third-order valence-corrected chi connectivity index (χ3v) is 2.03. The normalized spacial score (nSPS) is 10.1. The SMILES string of the molecule is CCOc1ccc(C(=O)Nc2cc(C)on2)nn1. The number of anilines is 1. The number of nitrogens with one attached hydrogen (secondary N) is 1. The number of rotatable bonds is 4. The van der Waals surface area contributed by atoms with Gasteiger partial charge in [0.05, 0.1) is 6.61 Å². The molecule has 1 amide bonds. The molecule has 0 spiro atoms. The van der Waals surface area contributed by atoms with Crippen LogP contribution < -0.4 is 10.1 Å². The van der Waals surface area contributed by atoms with Gasteiger partial charge in [0, 0.05) is 12.1 Å². The van der Waals surface area contributed by atoms with Gasteiger partial charge in [0.25, 0.3) is 5.91 Å². The van der Waals surface area contributed by atoms with Crippen LogP contribution in [-0.2, 0) is 0 Å². The zero-order valence-corrected chi connectivity index (χ0v) is 10.0. The first kappa shape index (κ1) is 12.0. The standard InChI is InChI=1S/C11H12N4O3/c1-3-17-10-5-4-8(13-14-10)11(16)12-9-6-7(2)18-15-9/h4-6H,3H2,1-2H3,(H,12,15,16). The second-order valence-corrected chi connectivity index (χ2v) is 3.47. The molecule has 94 valence electrons. The highest BCUT2D eigenvalue weighted by molar-refractivity contribution is 6.02. The number of carbonyl (C=O) groups excluding carboxylic acids is 1. The number of aromatic nitrogens is 3. The lowest BCUT2D eigenvalue weighted by Gasteiger charge is -2.02. The highest BCUT2D eigenvalue weighted by Crippen LogP contribution is 2.09. The summed E-state index contributed by atoms with van der Waals surface area (Å²) < 4.78 is 9.96. The van der Waals surface area contributed by atoms with Gasteiger partial charge < -0.3 is 14.6 Å². The molecular formula is C11H12N4O3. The maximum atomic E-state index is 11.8. The average Bonchev–Trinajstić information content (AvgIpc) is 2.76. The first-order chi connectivity index (χ1) is 8.69. The third-order valence-electron chi connectivity index (χ3n) is 2.03. The van der Waals surface area contributed by atoms with Crippen LogP contribution in [-0.4, -0.2) is 27.9 Å². The summed E-state index contributed by atoms with van der Waals surface area (Å²) in [5, 5.41) is 13.7. The Labute approximate surface area is 103 Å². The fourth-order valence-corrected chi connectivity index (χ4v) is 1.27. The van der Waals surface area contributed by atoms with Gasteiger partial charge in [-0.15, -0.1) is 10.2 Å². The third kappa shape index (κ3) is 2.82. The number of carbonyl (C=O) groups is 1. The average molecular weight is 248 g/mol. The fourth-order valence-electron chi connectivity index (χ4n) is 1.27. The summed E-state index contributed by atoms with van der Waals surface area (Å²) in [5.41, 5.74) is 0.180. The van der Waals surface area contributed by atoms with Crippen molar-refractivity contribution in [2.75, 3.05) is 11.9 Å². The van der Waals surface area contributed by atoms with Gasteiger partial charge in [-0.2, -0.15) is 0 Å². The number of ether oxygens (including phenoxy) is 1. The Morgan fingerprint density at radius 1 is 1.44 bits per heavy atom. The molecule has 2 rings (SSSR count). The molecule has 2 aromatic rings. The van der Waals surface area contributed by atoms with Gasteiger partial charge in [-0.05, 0) is 19.9 Å². The second kappa shape index (κ2) is 5.26. The lowest BCUT2D eigenvalue weighted by Crippen LogP contribution is -2.14. The number of amides is 1. The monoisotopic (exact) mass is 248 g/mol. The quantitative estimate of drug-likeness (QED) is 0.880. The fraction of sp³-hybridized carbons (Fsp3) is 0.273. The highest BCUT2D eigenvalue weighted by atomic mass is 16.5. The second-order valence-electron chi connectivity index (χ2n) is 3.47.